The van der Waals surface area contributed by atoms with E-state index in [0.717, 1.165) is 0 Å². The summed E-state index contributed by atoms with van der Waals surface area (Å²) in [6, 6.07) is 5.99. The van der Waals surface area contributed by atoms with Gasteiger partial charge in [0, 0.05) is 11.3 Å². The maximum absolute atomic E-state index is 13.8. The van der Waals surface area contributed by atoms with Crippen molar-refractivity contribution in [2.75, 3.05) is 18.2 Å². The van der Waals surface area contributed by atoms with Crippen LogP contribution in [0.1, 0.15) is 24.0 Å². The van der Waals surface area contributed by atoms with Gasteiger partial charge in [0.2, 0.25) is 0 Å². The fraction of sp³-hybridized carbons (Fsp3) is 0.188. The Hall–Kier alpha value is -2.74. The highest BCUT2D eigenvalue weighted by Gasteiger charge is 2.35. The molecule has 1 aromatic heterocycles. The van der Waals surface area contributed by atoms with Crippen LogP contribution in [0.4, 0.5) is 16.0 Å². The molecule has 0 saturated carbocycles. The first-order valence-electron chi connectivity index (χ1n) is 7.13. The number of methoxy groups -OCH3 is 1. The molecule has 2 aromatic rings. The van der Waals surface area contributed by atoms with E-state index in [1.165, 1.54) is 19.2 Å². The maximum atomic E-state index is 13.8. The molecule has 1 atom stereocenters. The zero-order valence-electron chi connectivity index (χ0n) is 13.0. The van der Waals surface area contributed by atoms with Crippen LogP contribution in [0.2, 0.25) is 0 Å². The molecule has 124 valence electrons. The maximum Gasteiger partial charge on any atom is 0.336 e. The summed E-state index contributed by atoms with van der Waals surface area (Å²) in [6.45, 7) is 1.72. The number of esters is 1. The highest BCUT2D eigenvalue weighted by Crippen LogP contribution is 2.43. The number of fused-ring (bicyclic) bond motifs is 1. The van der Waals surface area contributed by atoms with Gasteiger partial charge in [0.05, 0.1) is 18.6 Å². The van der Waals surface area contributed by atoms with E-state index in [0.29, 0.717) is 28.2 Å². The number of hydrogen-bond acceptors (Lipinski definition) is 6. The molecule has 2 heterocycles. The van der Waals surface area contributed by atoms with E-state index >= 15 is 0 Å². The van der Waals surface area contributed by atoms with Crippen LogP contribution >= 0.6 is 12.2 Å². The van der Waals surface area contributed by atoms with E-state index < -0.39 is 17.7 Å². The first-order valence-corrected chi connectivity index (χ1v) is 7.54. The van der Waals surface area contributed by atoms with E-state index in [-0.39, 0.29) is 10.6 Å². The summed E-state index contributed by atoms with van der Waals surface area (Å²) in [5.41, 5.74) is 8.07. The molecule has 1 aliphatic rings. The number of nitrogens with two attached hydrogens (primary N) is 1. The Morgan fingerprint density at radius 3 is 2.88 bits per heavy atom. The lowest BCUT2D eigenvalue weighted by Crippen LogP contribution is -2.26. The Labute approximate surface area is 142 Å². The van der Waals surface area contributed by atoms with Crippen LogP contribution in [0.25, 0.3) is 0 Å². The van der Waals surface area contributed by atoms with E-state index in [4.69, 9.17) is 22.7 Å². The van der Waals surface area contributed by atoms with E-state index in [2.05, 4.69) is 15.3 Å². The summed E-state index contributed by atoms with van der Waals surface area (Å²) < 4.78 is 18.9. The van der Waals surface area contributed by atoms with E-state index in [1.54, 1.807) is 19.1 Å². The van der Waals surface area contributed by atoms with Gasteiger partial charge in [-0.05, 0) is 36.8 Å². The van der Waals surface area contributed by atoms with Crippen LogP contribution in [-0.2, 0) is 9.53 Å². The van der Waals surface area contributed by atoms with Crippen molar-refractivity contribution in [1.82, 2.24) is 9.97 Å². The number of benzene rings is 1. The zero-order valence-corrected chi connectivity index (χ0v) is 13.8. The molecule has 24 heavy (non-hydrogen) atoms. The largest absolute Gasteiger partial charge is 0.466 e. The van der Waals surface area contributed by atoms with Crippen molar-refractivity contribution < 1.29 is 13.9 Å². The number of nitrogens with one attached hydrogen (secondary N) is 2. The lowest BCUT2D eigenvalue weighted by Gasteiger charge is -2.29. The summed E-state index contributed by atoms with van der Waals surface area (Å²) in [5, 5.41) is 3.03. The number of H-pyrrole nitrogens is 1. The van der Waals surface area contributed by atoms with Crippen molar-refractivity contribution in [3.05, 3.63) is 57.3 Å². The summed E-state index contributed by atoms with van der Waals surface area (Å²) >= 11 is 5.05. The number of aromatic amines is 1. The zero-order chi connectivity index (χ0) is 17.4. The Bertz CT molecular complexity index is 923. The van der Waals surface area contributed by atoms with Gasteiger partial charge in [0.1, 0.15) is 17.5 Å². The molecule has 0 bridgehead atoms. The van der Waals surface area contributed by atoms with Gasteiger partial charge in [0.25, 0.3) is 0 Å². The van der Waals surface area contributed by atoms with Crippen molar-refractivity contribution in [2.45, 2.75) is 12.8 Å². The molecular weight excluding hydrogens is 331 g/mol. The number of halogens is 1. The predicted octanol–water partition coefficient (Wildman–Crippen LogP) is 2.86. The van der Waals surface area contributed by atoms with Gasteiger partial charge >= 0.3 is 5.97 Å². The number of nitrogen functional groups attached to an aromatic ring is 1. The second-order valence-electron chi connectivity index (χ2n) is 5.36. The molecule has 4 N–H and O–H groups in total. The minimum atomic E-state index is -0.622. The minimum absolute atomic E-state index is 0.214. The second-order valence-corrected chi connectivity index (χ2v) is 5.75. The fourth-order valence-electron chi connectivity index (χ4n) is 2.89. The van der Waals surface area contributed by atoms with Crippen molar-refractivity contribution in [2.24, 2.45) is 0 Å². The number of anilines is 2. The molecule has 0 amide bonds. The van der Waals surface area contributed by atoms with Crippen molar-refractivity contribution in [3.8, 4) is 0 Å². The van der Waals surface area contributed by atoms with Gasteiger partial charge < -0.3 is 20.8 Å². The number of ether oxygens (including phenoxy) is 1. The van der Waals surface area contributed by atoms with Crippen molar-refractivity contribution >= 4 is 29.8 Å². The molecular formula is C16H15FN4O2S. The van der Waals surface area contributed by atoms with Crippen molar-refractivity contribution in [1.29, 1.82) is 0 Å². The fourth-order valence-corrected chi connectivity index (χ4v) is 3.09. The van der Waals surface area contributed by atoms with Gasteiger partial charge in [-0.25, -0.2) is 14.2 Å². The summed E-state index contributed by atoms with van der Waals surface area (Å²) in [5.74, 6) is -0.855. The second kappa shape index (κ2) is 6.04. The third-order valence-corrected chi connectivity index (χ3v) is 4.07. The first kappa shape index (κ1) is 16.1. The molecule has 1 aliphatic heterocycles. The van der Waals surface area contributed by atoms with Crippen LogP contribution in [0.3, 0.4) is 0 Å². The Morgan fingerprint density at radius 2 is 2.21 bits per heavy atom. The number of nitrogens with zero attached hydrogens (tertiary/aromatic N) is 1. The average Bonchev–Trinajstić information content (AvgIpc) is 2.52. The highest BCUT2D eigenvalue weighted by atomic mass is 32.1. The molecule has 0 radical (unpaired) electrons. The summed E-state index contributed by atoms with van der Waals surface area (Å²) in [7, 11) is 1.29. The summed E-state index contributed by atoms with van der Waals surface area (Å²) in [6.07, 6.45) is 0. The van der Waals surface area contributed by atoms with Gasteiger partial charge in [-0.1, -0.05) is 12.1 Å². The molecule has 0 fully saturated rings. The Kier molecular flexibility index (Phi) is 4.06. The molecule has 0 spiro atoms. The molecule has 0 aliphatic carbocycles. The SMILES string of the molecule is COC(=O)C1=C(C)Nc2nc(=S)[nH]c(N)c2C1c1cccc(F)c1. The van der Waals surface area contributed by atoms with Gasteiger partial charge in [0.15, 0.2) is 4.77 Å². The number of allylic oxidation sites excluding steroid dienone is 1. The van der Waals surface area contributed by atoms with Crippen molar-refractivity contribution in [3.63, 3.8) is 0 Å². The first-order chi connectivity index (χ1) is 11.4. The normalized spacial score (nSPS) is 16.4. The highest BCUT2D eigenvalue weighted by molar-refractivity contribution is 7.71. The lowest BCUT2D eigenvalue weighted by atomic mass is 9.82. The van der Waals surface area contributed by atoms with Crippen LogP contribution in [-0.4, -0.2) is 23.0 Å². The third kappa shape index (κ3) is 2.65. The third-order valence-electron chi connectivity index (χ3n) is 3.87. The van der Waals surface area contributed by atoms with Gasteiger partial charge in [-0.2, -0.15) is 0 Å². The molecule has 3 rings (SSSR count). The topological polar surface area (TPSA) is 93.0 Å². The van der Waals surface area contributed by atoms with Gasteiger partial charge in [-0.15, -0.1) is 0 Å². The van der Waals surface area contributed by atoms with Crippen LogP contribution in [0, 0.1) is 10.6 Å². The summed E-state index contributed by atoms with van der Waals surface area (Å²) in [4.78, 5) is 19.3. The van der Waals surface area contributed by atoms with Crippen LogP contribution < -0.4 is 11.1 Å². The lowest BCUT2D eigenvalue weighted by molar-refractivity contribution is -0.136. The molecule has 1 aromatic carbocycles. The quantitative estimate of drug-likeness (QED) is 0.572. The minimum Gasteiger partial charge on any atom is -0.466 e. The number of hydrogen-bond donors (Lipinski definition) is 3. The van der Waals surface area contributed by atoms with E-state index in [1.807, 2.05) is 0 Å². The molecule has 1 unspecified atom stereocenters. The van der Waals surface area contributed by atoms with Crippen LogP contribution in [0.5, 0.6) is 0 Å². The monoisotopic (exact) mass is 346 g/mol. The Balaban J connectivity index is 2.32. The standard InChI is InChI=1S/C16H15FN4O2S/c1-7-10(15(22)23-2)11(8-4-3-5-9(17)6-8)12-13(18)20-16(24)21-14(12)19-7/h3-6,11H,1-2H3,(H4,18,19,20,21,24). The number of aromatic nitrogens is 2. The Morgan fingerprint density at radius 1 is 1.46 bits per heavy atom. The molecule has 0 saturated heterocycles. The smallest absolute Gasteiger partial charge is 0.336 e. The molecule has 6 nitrogen and oxygen atoms in total. The predicted molar refractivity (Wildman–Crippen MR) is 90.4 cm³/mol. The van der Waals surface area contributed by atoms with Gasteiger partial charge in [-0.3, -0.25) is 0 Å². The average molecular weight is 346 g/mol. The van der Waals surface area contributed by atoms with E-state index in [9.17, 15) is 9.18 Å². The molecule has 8 heteroatoms. The number of carbonyl (C=O) groups excluding carboxylic acids is 1. The number of carbonyl (C=O) groups is 1. The number of rotatable bonds is 2. The van der Waals surface area contributed by atoms with Crippen LogP contribution in [0.15, 0.2) is 35.5 Å².